The van der Waals surface area contributed by atoms with Crippen LogP contribution in [0.25, 0.3) is 0 Å². The number of halogens is 1. The van der Waals surface area contributed by atoms with E-state index < -0.39 is 0 Å². The smallest absolute Gasteiger partial charge is 0.123 e. The molecule has 0 spiro atoms. The maximum absolute atomic E-state index is 13.0. The second-order valence-corrected chi connectivity index (χ2v) is 5.24. The molecular weight excluding hydrogens is 217 g/mol. The highest BCUT2D eigenvalue weighted by atomic mass is 19.1. The van der Waals surface area contributed by atoms with Gasteiger partial charge in [-0.25, -0.2) is 4.39 Å². The Labute approximate surface area is 102 Å². The van der Waals surface area contributed by atoms with Crippen LogP contribution >= 0.6 is 0 Å². The number of hydrogen-bond acceptors (Lipinski definition) is 2. The van der Waals surface area contributed by atoms with Gasteiger partial charge in [-0.1, -0.05) is 26.0 Å². The lowest BCUT2D eigenvalue weighted by Gasteiger charge is -2.49. The molecule has 1 fully saturated rings. The van der Waals surface area contributed by atoms with Gasteiger partial charge in [0, 0.05) is 5.41 Å². The zero-order valence-electron chi connectivity index (χ0n) is 10.4. The molecule has 17 heavy (non-hydrogen) atoms. The van der Waals surface area contributed by atoms with Gasteiger partial charge in [-0.3, -0.25) is 0 Å². The van der Waals surface area contributed by atoms with Gasteiger partial charge in [0.2, 0.25) is 0 Å². The lowest BCUT2D eigenvalue weighted by Crippen LogP contribution is -2.56. The minimum Gasteiger partial charge on any atom is -0.379 e. The van der Waals surface area contributed by atoms with Gasteiger partial charge in [-0.15, -0.1) is 0 Å². The molecule has 1 atom stereocenters. The fraction of sp³-hybridized carbons (Fsp3) is 0.571. The number of nitrogens with two attached hydrogens (primary N) is 1. The van der Waals surface area contributed by atoms with Crippen molar-refractivity contribution in [3.63, 3.8) is 0 Å². The molecule has 1 aliphatic rings. The van der Waals surface area contributed by atoms with Crippen LogP contribution in [0.4, 0.5) is 4.39 Å². The van der Waals surface area contributed by atoms with E-state index in [-0.39, 0.29) is 11.2 Å². The molecule has 1 unspecified atom stereocenters. The van der Waals surface area contributed by atoms with Crippen LogP contribution in [0.15, 0.2) is 24.3 Å². The van der Waals surface area contributed by atoms with E-state index in [0.29, 0.717) is 31.6 Å². The first-order valence-corrected chi connectivity index (χ1v) is 6.14. The second kappa shape index (κ2) is 4.75. The third kappa shape index (κ3) is 2.09. The van der Waals surface area contributed by atoms with Gasteiger partial charge >= 0.3 is 0 Å². The normalized spacial score (nSPS) is 20.1. The standard InChI is InChI=1S/C14H20FNO/c1-10(2)13(7-16)14(8-17-9-14)11-3-5-12(15)6-4-11/h3-6,10,13H,7-9,16H2,1-2H3. The summed E-state index contributed by atoms with van der Waals surface area (Å²) < 4.78 is 18.4. The predicted molar refractivity (Wildman–Crippen MR) is 66.3 cm³/mol. The fourth-order valence-electron chi connectivity index (χ4n) is 2.83. The van der Waals surface area contributed by atoms with E-state index >= 15 is 0 Å². The molecule has 2 nitrogen and oxygen atoms in total. The average molecular weight is 237 g/mol. The first-order valence-electron chi connectivity index (χ1n) is 6.14. The van der Waals surface area contributed by atoms with Gasteiger partial charge in [0.1, 0.15) is 5.82 Å². The van der Waals surface area contributed by atoms with Crippen LogP contribution in [0.2, 0.25) is 0 Å². The van der Waals surface area contributed by atoms with Crippen molar-refractivity contribution in [2.45, 2.75) is 19.3 Å². The van der Waals surface area contributed by atoms with Crippen molar-refractivity contribution >= 4 is 0 Å². The number of hydrogen-bond donors (Lipinski definition) is 1. The molecule has 2 rings (SSSR count). The van der Waals surface area contributed by atoms with E-state index in [2.05, 4.69) is 13.8 Å². The Bertz CT molecular complexity index is 370. The van der Waals surface area contributed by atoms with Crippen molar-refractivity contribution in [1.82, 2.24) is 0 Å². The van der Waals surface area contributed by atoms with Gasteiger partial charge in [-0.05, 0) is 36.1 Å². The van der Waals surface area contributed by atoms with Gasteiger partial charge in [0.05, 0.1) is 13.2 Å². The summed E-state index contributed by atoms with van der Waals surface area (Å²) in [6, 6.07) is 6.76. The number of rotatable bonds is 4. The second-order valence-electron chi connectivity index (χ2n) is 5.24. The molecule has 3 heteroatoms. The molecular formula is C14H20FNO. The van der Waals surface area contributed by atoms with Crippen LogP contribution in [0.3, 0.4) is 0 Å². The van der Waals surface area contributed by atoms with E-state index in [4.69, 9.17) is 10.5 Å². The van der Waals surface area contributed by atoms with E-state index in [1.165, 1.54) is 12.1 Å². The summed E-state index contributed by atoms with van der Waals surface area (Å²) in [5.74, 6) is 0.675. The highest BCUT2D eigenvalue weighted by molar-refractivity contribution is 5.30. The van der Waals surface area contributed by atoms with Crippen LogP contribution in [0.5, 0.6) is 0 Å². The Hall–Kier alpha value is -0.930. The lowest BCUT2D eigenvalue weighted by atomic mass is 9.65. The Kier molecular flexibility index (Phi) is 3.50. The maximum atomic E-state index is 13.0. The van der Waals surface area contributed by atoms with E-state index in [9.17, 15) is 4.39 Å². The van der Waals surface area contributed by atoms with Gasteiger partial charge < -0.3 is 10.5 Å². The van der Waals surface area contributed by atoms with Gasteiger partial charge in [0.25, 0.3) is 0 Å². The topological polar surface area (TPSA) is 35.2 Å². The molecule has 0 radical (unpaired) electrons. The zero-order chi connectivity index (χ0) is 12.5. The minimum atomic E-state index is -0.196. The average Bonchev–Trinajstić information content (AvgIpc) is 2.24. The molecule has 1 heterocycles. The molecule has 0 aromatic heterocycles. The van der Waals surface area contributed by atoms with Crippen LogP contribution in [0.1, 0.15) is 19.4 Å². The summed E-state index contributed by atoms with van der Waals surface area (Å²) in [4.78, 5) is 0. The maximum Gasteiger partial charge on any atom is 0.123 e. The molecule has 1 aliphatic heterocycles. The lowest BCUT2D eigenvalue weighted by molar-refractivity contribution is -0.0982. The predicted octanol–water partition coefficient (Wildman–Crippen LogP) is 2.32. The van der Waals surface area contributed by atoms with E-state index in [1.54, 1.807) is 0 Å². The van der Waals surface area contributed by atoms with Crippen molar-refractivity contribution in [2.24, 2.45) is 17.6 Å². The van der Waals surface area contributed by atoms with Gasteiger partial charge in [-0.2, -0.15) is 0 Å². The molecule has 2 N–H and O–H groups in total. The largest absolute Gasteiger partial charge is 0.379 e. The zero-order valence-corrected chi connectivity index (χ0v) is 10.4. The summed E-state index contributed by atoms with van der Waals surface area (Å²) in [6.07, 6.45) is 0. The van der Waals surface area contributed by atoms with Crippen molar-refractivity contribution in [3.8, 4) is 0 Å². The van der Waals surface area contributed by atoms with Crippen LogP contribution in [-0.2, 0) is 10.2 Å². The fourth-order valence-corrected chi connectivity index (χ4v) is 2.83. The van der Waals surface area contributed by atoms with Crippen molar-refractivity contribution in [2.75, 3.05) is 19.8 Å². The van der Waals surface area contributed by atoms with Crippen LogP contribution in [-0.4, -0.2) is 19.8 Å². The molecule has 0 aliphatic carbocycles. The summed E-state index contributed by atoms with van der Waals surface area (Å²) in [6.45, 7) is 6.39. The van der Waals surface area contributed by atoms with Crippen LogP contribution in [0, 0.1) is 17.7 Å². The molecule has 1 aromatic carbocycles. The molecule has 1 aromatic rings. The number of benzene rings is 1. The molecule has 0 bridgehead atoms. The highest BCUT2D eigenvalue weighted by Gasteiger charge is 2.47. The molecule has 0 amide bonds. The Morgan fingerprint density at radius 1 is 1.29 bits per heavy atom. The highest BCUT2D eigenvalue weighted by Crippen LogP contribution is 2.42. The summed E-state index contributed by atoms with van der Waals surface area (Å²) in [5, 5.41) is 0. The van der Waals surface area contributed by atoms with E-state index in [0.717, 1.165) is 5.56 Å². The Balaban J connectivity index is 2.33. The summed E-state index contributed by atoms with van der Waals surface area (Å²) >= 11 is 0. The Morgan fingerprint density at radius 2 is 1.88 bits per heavy atom. The molecule has 94 valence electrons. The third-order valence-electron chi connectivity index (χ3n) is 3.91. The SMILES string of the molecule is CC(C)C(CN)C1(c2ccc(F)cc2)COC1. The van der Waals surface area contributed by atoms with E-state index in [1.807, 2.05) is 12.1 Å². The summed E-state index contributed by atoms with van der Waals surface area (Å²) in [5.41, 5.74) is 7.04. The van der Waals surface area contributed by atoms with Crippen molar-refractivity contribution < 1.29 is 9.13 Å². The molecule has 1 saturated heterocycles. The summed E-state index contributed by atoms with van der Waals surface area (Å²) in [7, 11) is 0. The minimum absolute atomic E-state index is 0.0172. The first-order chi connectivity index (χ1) is 8.10. The van der Waals surface area contributed by atoms with Crippen molar-refractivity contribution in [3.05, 3.63) is 35.6 Å². The molecule has 0 saturated carbocycles. The monoisotopic (exact) mass is 237 g/mol. The quantitative estimate of drug-likeness (QED) is 0.872. The number of ether oxygens (including phenoxy) is 1. The van der Waals surface area contributed by atoms with Gasteiger partial charge in [0.15, 0.2) is 0 Å². The third-order valence-corrected chi connectivity index (χ3v) is 3.91. The Morgan fingerprint density at radius 3 is 2.24 bits per heavy atom. The van der Waals surface area contributed by atoms with Crippen molar-refractivity contribution in [1.29, 1.82) is 0 Å². The van der Waals surface area contributed by atoms with Crippen LogP contribution < -0.4 is 5.73 Å². The first kappa shape index (κ1) is 12.5.